The van der Waals surface area contributed by atoms with E-state index >= 15 is 0 Å². The van der Waals surface area contributed by atoms with Gasteiger partial charge in [0.25, 0.3) is 0 Å². The molecular weight excluding hydrogens is 605 g/mol. The first kappa shape index (κ1) is 27.6. The number of amides is 3. The Labute approximate surface area is 252 Å². The lowest BCUT2D eigenvalue weighted by molar-refractivity contribution is -0.122. The number of nitrogens with one attached hydrogen (secondary N) is 1. The lowest BCUT2D eigenvalue weighted by atomic mass is 9.83. The van der Waals surface area contributed by atoms with Crippen LogP contribution < -0.4 is 19.8 Å². The van der Waals surface area contributed by atoms with Crippen LogP contribution in [0.1, 0.15) is 16.4 Å². The largest absolute Gasteiger partial charge is 0.497 e. The molecule has 2 aliphatic rings. The van der Waals surface area contributed by atoms with Crippen LogP contribution in [0.25, 0.3) is 0 Å². The number of rotatable bonds is 6. The molecule has 3 aromatic carbocycles. The standard InChI is InChI=1S/C29H21Cl2N3O5S2/c1-39-20-12-8-18(9-13-20)32-21(35)14-33-28-25(41-29(33)38)22(15-2-4-16(30)5-3-15)23-24(40-28)27(37)34(26(23)36)19-10-6-17(31)7-11-19/h2-13,22-24H,14H2,1H3,(H,32,35)/t22-,23?,24?/m1/s1. The zero-order valence-corrected chi connectivity index (χ0v) is 24.5. The molecule has 0 bridgehead atoms. The summed E-state index contributed by atoms with van der Waals surface area (Å²) in [7, 11) is 1.55. The van der Waals surface area contributed by atoms with E-state index < -0.39 is 23.0 Å². The molecule has 1 N–H and O–H groups in total. The van der Waals surface area contributed by atoms with Gasteiger partial charge in [-0.25, -0.2) is 4.90 Å². The molecule has 3 amide bonds. The van der Waals surface area contributed by atoms with E-state index in [1.807, 2.05) is 0 Å². The van der Waals surface area contributed by atoms with Gasteiger partial charge in [0.15, 0.2) is 0 Å². The molecule has 3 heterocycles. The quantitative estimate of drug-likeness (QED) is 0.278. The second kappa shape index (κ2) is 11.0. The second-order valence-corrected chi connectivity index (χ2v) is 12.5. The van der Waals surface area contributed by atoms with Gasteiger partial charge in [0.1, 0.15) is 17.5 Å². The SMILES string of the molecule is COc1ccc(NC(=O)Cn2c3c(sc2=O)[C@H](c2ccc(Cl)cc2)C2C(=O)N(c4ccc(Cl)cc4)C(=O)C2S3)cc1. The van der Waals surface area contributed by atoms with Gasteiger partial charge in [0, 0.05) is 26.5 Å². The van der Waals surface area contributed by atoms with Gasteiger partial charge in [-0.3, -0.25) is 23.7 Å². The molecule has 2 unspecified atom stereocenters. The van der Waals surface area contributed by atoms with Gasteiger partial charge in [0.2, 0.25) is 17.7 Å². The van der Waals surface area contributed by atoms with E-state index in [0.717, 1.165) is 28.7 Å². The summed E-state index contributed by atoms with van der Waals surface area (Å²) in [5, 5.41) is 3.51. The Kier molecular flexibility index (Phi) is 7.41. The zero-order valence-electron chi connectivity index (χ0n) is 21.4. The van der Waals surface area contributed by atoms with Crippen LogP contribution in [-0.2, 0) is 20.9 Å². The molecule has 1 fully saturated rings. The van der Waals surface area contributed by atoms with E-state index in [1.54, 1.807) is 79.9 Å². The zero-order chi connectivity index (χ0) is 28.8. The predicted molar refractivity (Wildman–Crippen MR) is 161 cm³/mol. The molecular formula is C29H21Cl2N3O5S2. The van der Waals surface area contributed by atoms with Gasteiger partial charge in [-0.2, -0.15) is 0 Å². The Balaban J connectivity index is 1.38. The van der Waals surface area contributed by atoms with Crippen LogP contribution in [-0.4, -0.2) is 34.6 Å². The minimum atomic E-state index is -0.795. The fourth-order valence-corrected chi connectivity index (χ4v) is 8.17. The van der Waals surface area contributed by atoms with Crippen molar-refractivity contribution in [3.8, 4) is 5.75 Å². The topological polar surface area (TPSA) is 97.7 Å². The molecule has 6 rings (SSSR count). The third kappa shape index (κ3) is 5.05. The number of aromatic nitrogens is 1. The van der Waals surface area contributed by atoms with Crippen molar-refractivity contribution in [3.05, 3.63) is 103 Å². The highest BCUT2D eigenvalue weighted by molar-refractivity contribution is 8.00. The van der Waals surface area contributed by atoms with Gasteiger partial charge < -0.3 is 10.1 Å². The van der Waals surface area contributed by atoms with Crippen LogP contribution >= 0.6 is 46.3 Å². The van der Waals surface area contributed by atoms with Gasteiger partial charge in [-0.1, -0.05) is 58.4 Å². The number of nitrogens with zero attached hydrogens (tertiary/aromatic N) is 2. The van der Waals surface area contributed by atoms with Crippen LogP contribution in [0.2, 0.25) is 10.0 Å². The monoisotopic (exact) mass is 625 g/mol. The van der Waals surface area contributed by atoms with E-state index in [4.69, 9.17) is 27.9 Å². The van der Waals surface area contributed by atoms with Crippen LogP contribution in [0.15, 0.2) is 82.6 Å². The average molecular weight is 627 g/mol. The first-order valence-corrected chi connectivity index (χ1v) is 14.9. The minimum absolute atomic E-state index is 0.253. The minimum Gasteiger partial charge on any atom is -0.497 e. The van der Waals surface area contributed by atoms with Gasteiger partial charge >= 0.3 is 4.87 Å². The van der Waals surface area contributed by atoms with Crippen LogP contribution in [0.4, 0.5) is 11.4 Å². The Morgan fingerprint density at radius 2 is 1.54 bits per heavy atom. The maximum atomic E-state index is 13.9. The summed E-state index contributed by atoms with van der Waals surface area (Å²) in [4.78, 5) is 55.4. The molecule has 8 nitrogen and oxygen atoms in total. The third-order valence-corrected chi connectivity index (χ3v) is 10.1. The Morgan fingerprint density at radius 3 is 2.17 bits per heavy atom. The molecule has 0 spiro atoms. The summed E-state index contributed by atoms with van der Waals surface area (Å²) in [5.41, 5.74) is 1.73. The second-order valence-electron chi connectivity index (χ2n) is 9.48. The molecule has 0 saturated carbocycles. The van der Waals surface area contributed by atoms with Crippen molar-refractivity contribution < 1.29 is 19.1 Å². The molecule has 0 radical (unpaired) electrons. The smallest absolute Gasteiger partial charge is 0.308 e. The van der Waals surface area contributed by atoms with Crippen LogP contribution in [0, 0.1) is 5.92 Å². The number of methoxy groups -OCH3 is 1. The highest BCUT2D eigenvalue weighted by atomic mass is 35.5. The first-order chi connectivity index (χ1) is 19.7. The number of carbonyl (C=O) groups excluding carboxylic acids is 3. The Morgan fingerprint density at radius 1 is 0.902 bits per heavy atom. The van der Waals surface area contributed by atoms with Crippen molar-refractivity contribution in [1.29, 1.82) is 0 Å². The molecule has 12 heteroatoms. The summed E-state index contributed by atoms with van der Waals surface area (Å²) < 4.78 is 6.53. The van der Waals surface area contributed by atoms with Gasteiger partial charge in [0.05, 0.1) is 23.7 Å². The number of halogens is 2. The maximum Gasteiger partial charge on any atom is 0.308 e. The van der Waals surface area contributed by atoms with E-state index in [9.17, 15) is 19.2 Å². The number of benzene rings is 3. The number of ether oxygens (including phenoxy) is 1. The first-order valence-electron chi connectivity index (χ1n) is 12.5. The number of carbonyl (C=O) groups is 3. The van der Waals surface area contributed by atoms with E-state index in [-0.39, 0.29) is 23.2 Å². The normalized spacial score (nSPS) is 19.6. The number of thiazole rings is 1. The predicted octanol–water partition coefficient (Wildman–Crippen LogP) is 5.66. The number of hydrogen-bond acceptors (Lipinski definition) is 7. The van der Waals surface area contributed by atoms with Crippen LogP contribution in [0.5, 0.6) is 5.75 Å². The van der Waals surface area contributed by atoms with Crippen LogP contribution in [0.3, 0.4) is 0 Å². The molecule has 3 atom stereocenters. The van der Waals surface area contributed by atoms with Crippen molar-refractivity contribution in [2.45, 2.75) is 22.7 Å². The molecule has 1 aromatic heterocycles. The summed E-state index contributed by atoms with van der Waals surface area (Å²) in [6, 6.07) is 20.4. The molecule has 1 saturated heterocycles. The van der Waals surface area contributed by atoms with Crippen molar-refractivity contribution in [3.63, 3.8) is 0 Å². The molecule has 0 aliphatic carbocycles. The molecule has 208 valence electrons. The number of anilines is 2. The Hall–Kier alpha value is -3.57. The van der Waals surface area contributed by atoms with Gasteiger partial charge in [-0.05, 0) is 66.2 Å². The lowest BCUT2D eigenvalue weighted by Crippen LogP contribution is -2.33. The number of thioether (sulfide) groups is 1. The Bertz CT molecular complexity index is 1720. The summed E-state index contributed by atoms with van der Waals surface area (Å²) in [5.74, 6) is -1.83. The number of hydrogen-bond donors (Lipinski definition) is 1. The fourth-order valence-electron chi connectivity index (χ4n) is 5.15. The fraction of sp³-hybridized carbons (Fsp3) is 0.172. The van der Waals surface area contributed by atoms with Crippen molar-refractivity contribution in [2.75, 3.05) is 17.3 Å². The van der Waals surface area contributed by atoms with Crippen molar-refractivity contribution >= 4 is 75.4 Å². The van der Waals surface area contributed by atoms with Gasteiger partial charge in [-0.15, -0.1) is 0 Å². The molecule has 4 aromatic rings. The van der Waals surface area contributed by atoms with Crippen molar-refractivity contribution in [1.82, 2.24) is 4.57 Å². The summed E-state index contributed by atoms with van der Waals surface area (Å²) in [6.07, 6.45) is 0. The maximum absolute atomic E-state index is 13.9. The average Bonchev–Trinajstić information content (AvgIpc) is 3.40. The highest BCUT2D eigenvalue weighted by Gasteiger charge is 2.56. The molecule has 41 heavy (non-hydrogen) atoms. The summed E-state index contributed by atoms with van der Waals surface area (Å²) in [6.45, 7) is -0.253. The van der Waals surface area contributed by atoms with E-state index in [0.29, 0.717) is 37.1 Å². The van der Waals surface area contributed by atoms with E-state index in [1.165, 1.54) is 9.47 Å². The number of imide groups is 1. The van der Waals surface area contributed by atoms with E-state index in [2.05, 4.69) is 5.32 Å². The number of fused-ring (bicyclic) bond motifs is 2. The summed E-state index contributed by atoms with van der Waals surface area (Å²) >= 11 is 14.3. The highest BCUT2D eigenvalue weighted by Crippen LogP contribution is 2.54. The lowest BCUT2D eigenvalue weighted by Gasteiger charge is -2.30. The third-order valence-electron chi connectivity index (χ3n) is 7.04. The van der Waals surface area contributed by atoms with Crippen molar-refractivity contribution in [2.24, 2.45) is 5.92 Å². The molecule has 2 aliphatic heterocycles.